The van der Waals surface area contributed by atoms with Gasteiger partial charge in [-0.05, 0) is 18.2 Å². The van der Waals surface area contributed by atoms with Crippen LogP contribution in [0, 0.1) is 0 Å². The molecule has 0 aliphatic heterocycles. The number of nitrogens with zero attached hydrogens (tertiary/aromatic N) is 2. The summed E-state index contributed by atoms with van der Waals surface area (Å²) in [6, 6.07) is 7.59. The van der Waals surface area contributed by atoms with Gasteiger partial charge in [-0.3, -0.25) is 0 Å². The Labute approximate surface area is 75.3 Å². The first-order chi connectivity index (χ1) is 6.33. The lowest BCUT2D eigenvalue weighted by atomic mass is 10.2. The fraction of sp³-hybridized carbons (Fsp3) is 0.100. The molecule has 1 aromatic heterocycles. The van der Waals surface area contributed by atoms with Crippen LogP contribution in [0.15, 0.2) is 35.5 Å². The van der Waals surface area contributed by atoms with Crippen molar-refractivity contribution in [2.24, 2.45) is 12.0 Å². The lowest BCUT2D eigenvalue weighted by molar-refractivity contribution is 0.565. The van der Waals surface area contributed by atoms with Gasteiger partial charge < -0.3 is 4.57 Å². The molecule has 0 bridgehead atoms. The van der Waals surface area contributed by atoms with E-state index < -0.39 is 0 Å². The summed E-state index contributed by atoms with van der Waals surface area (Å²) in [6.45, 7) is 0. The van der Waals surface area contributed by atoms with Gasteiger partial charge in [0.15, 0.2) is 0 Å². The molecule has 1 heterocycles. The second-order valence-electron chi connectivity index (χ2n) is 2.84. The van der Waals surface area contributed by atoms with Crippen molar-refractivity contribution < 1.29 is 4.79 Å². The summed E-state index contributed by atoms with van der Waals surface area (Å²) in [5.41, 5.74) is 1.74. The Bertz CT molecular complexity index is 493. The monoisotopic (exact) mass is 172 g/mol. The smallest absolute Gasteiger partial charge is 0.240 e. The number of benzene rings is 1. The molecule has 0 amide bonds. The zero-order valence-corrected chi connectivity index (χ0v) is 7.19. The van der Waals surface area contributed by atoms with E-state index >= 15 is 0 Å². The Morgan fingerprint density at radius 3 is 3.00 bits per heavy atom. The first-order valence-corrected chi connectivity index (χ1v) is 3.95. The van der Waals surface area contributed by atoms with Crippen LogP contribution in [0.1, 0.15) is 0 Å². The molecule has 0 aliphatic rings. The quantitative estimate of drug-likeness (QED) is 0.479. The number of fused-ring (bicyclic) bond motifs is 1. The highest BCUT2D eigenvalue weighted by Crippen LogP contribution is 2.25. The van der Waals surface area contributed by atoms with Crippen LogP contribution in [0.5, 0.6) is 0 Å². The van der Waals surface area contributed by atoms with Gasteiger partial charge in [0.05, 0.1) is 5.69 Å². The predicted octanol–water partition coefficient (Wildman–Crippen LogP) is 2.15. The molecule has 2 rings (SSSR count). The number of aryl methyl sites for hydroxylation is 1. The maximum Gasteiger partial charge on any atom is 0.240 e. The molecule has 0 saturated heterocycles. The van der Waals surface area contributed by atoms with Crippen molar-refractivity contribution in [2.75, 3.05) is 0 Å². The van der Waals surface area contributed by atoms with Crippen molar-refractivity contribution in [1.29, 1.82) is 0 Å². The van der Waals surface area contributed by atoms with Crippen molar-refractivity contribution in [1.82, 2.24) is 4.57 Å². The van der Waals surface area contributed by atoms with Crippen LogP contribution in [0.2, 0.25) is 0 Å². The fourth-order valence-electron chi connectivity index (χ4n) is 1.43. The highest BCUT2D eigenvalue weighted by molar-refractivity contribution is 5.91. The van der Waals surface area contributed by atoms with Crippen molar-refractivity contribution >= 4 is 22.7 Å². The zero-order valence-electron chi connectivity index (χ0n) is 7.19. The number of hydrogen-bond donors (Lipinski definition) is 0. The summed E-state index contributed by atoms with van der Waals surface area (Å²) < 4.78 is 1.99. The lowest BCUT2D eigenvalue weighted by Crippen LogP contribution is -1.82. The van der Waals surface area contributed by atoms with Crippen LogP contribution >= 0.6 is 0 Å². The molecule has 64 valence electrons. The Morgan fingerprint density at radius 1 is 1.38 bits per heavy atom. The molecule has 3 nitrogen and oxygen atoms in total. The average molecular weight is 172 g/mol. The molecule has 13 heavy (non-hydrogen) atoms. The van der Waals surface area contributed by atoms with Gasteiger partial charge in [0.2, 0.25) is 6.08 Å². The van der Waals surface area contributed by atoms with E-state index in [-0.39, 0.29) is 0 Å². The molecule has 1 aromatic carbocycles. The van der Waals surface area contributed by atoms with Crippen molar-refractivity contribution in [3.05, 3.63) is 30.5 Å². The topological polar surface area (TPSA) is 34.4 Å². The molecule has 0 radical (unpaired) electrons. The average Bonchev–Trinajstić information content (AvgIpc) is 2.50. The summed E-state index contributed by atoms with van der Waals surface area (Å²) in [6.07, 6.45) is 3.49. The van der Waals surface area contributed by atoms with Crippen molar-refractivity contribution in [3.63, 3.8) is 0 Å². The van der Waals surface area contributed by atoms with Gasteiger partial charge in [-0.15, -0.1) is 0 Å². The molecular formula is C10H8N2O. The van der Waals surface area contributed by atoms with Crippen LogP contribution in [-0.2, 0) is 11.8 Å². The van der Waals surface area contributed by atoms with E-state index in [9.17, 15) is 4.79 Å². The van der Waals surface area contributed by atoms with Gasteiger partial charge in [-0.1, -0.05) is 6.07 Å². The molecule has 3 heteroatoms. The van der Waals surface area contributed by atoms with Crippen molar-refractivity contribution in [2.45, 2.75) is 0 Å². The van der Waals surface area contributed by atoms with Crippen LogP contribution in [-0.4, -0.2) is 10.6 Å². The molecular weight excluding hydrogens is 164 g/mol. The van der Waals surface area contributed by atoms with Crippen LogP contribution in [0.25, 0.3) is 10.9 Å². The Hall–Kier alpha value is -1.86. The summed E-state index contributed by atoms with van der Waals surface area (Å²) in [4.78, 5) is 13.8. The highest BCUT2D eigenvalue weighted by atomic mass is 16.1. The molecule has 0 N–H and O–H groups in total. The van der Waals surface area contributed by atoms with Crippen LogP contribution in [0.4, 0.5) is 5.69 Å². The Morgan fingerprint density at radius 2 is 2.23 bits per heavy atom. The largest absolute Gasteiger partial charge is 0.350 e. The number of hydrogen-bond acceptors (Lipinski definition) is 2. The van der Waals surface area contributed by atoms with Crippen LogP contribution < -0.4 is 0 Å². The van der Waals surface area contributed by atoms with E-state index in [4.69, 9.17) is 0 Å². The van der Waals surface area contributed by atoms with Gasteiger partial charge in [0, 0.05) is 24.1 Å². The molecule has 2 aromatic rings. The summed E-state index contributed by atoms with van der Waals surface area (Å²) in [5, 5.41) is 0.980. The number of rotatable bonds is 1. The lowest BCUT2D eigenvalue weighted by Gasteiger charge is -1.96. The van der Waals surface area contributed by atoms with Gasteiger partial charge in [-0.2, -0.15) is 4.99 Å². The van der Waals surface area contributed by atoms with E-state index in [1.807, 2.05) is 36.0 Å². The molecule has 0 unspecified atom stereocenters. The minimum atomic E-state index is 0.674. The van der Waals surface area contributed by atoms with Gasteiger partial charge >= 0.3 is 0 Å². The zero-order chi connectivity index (χ0) is 9.26. The highest BCUT2D eigenvalue weighted by Gasteiger charge is 2.01. The second kappa shape index (κ2) is 2.88. The Kier molecular flexibility index (Phi) is 1.72. The van der Waals surface area contributed by atoms with Gasteiger partial charge in [0.1, 0.15) is 0 Å². The maximum absolute atomic E-state index is 10.1. The molecule has 0 atom stereocenters. The first kappa shape index (κ1) is 7.77. The van der Waals surface area contributed by atoms with E-state index in [0.29, 0.717) is 5.69 Å². The van der Waals surface area contributed by atoms with Crippen LogP contribution in [0.3, 0.4) is 0 Å². The summed E-state index contributed by atoms with van der Waals surface area (Å²) in [5.74, 6) is 0. The van der Waals surface area contributed by atoms with Crippen molar-refractivity contribution in [3.8, 4) is 0 Å². The number of isocyanates is 1. The predicted molar refractivity (Wildman–Crippen MR) is 50.7 cm³/mol. The van der Waals surface area contributed by atoms with E-state index in [2.05, 4.69) is 4.99 Å². The maximum atomic E-state index is 10.1. The Balaban J connectivity index is 2.84. The molecule has 0 fully saturated rings. The third-order valence-corrected chi connectivity index (χ3v) is 2.07. The third-order valence-electron chi connectivity index (χ3n) is 2.07. The minimum absolute atomic E-state index is 0.674. The molecule has 0 spiro atoms. The normalized spacial score (nSPS) is 9.92. The summed E-state index contributed by atoms with van der Waals surface area (Å²) in [7, 11) is 1.96. The number of aliphatic imine (C=N–C) groups is 1. The molecule has 0 aliphatic carbocycles. The molecule has 0 saturated carbocycles. The standard InChI is InChI=1S/C10H8N2O/c1-12-6-5-8-9(11-7-13)3-2-4-10(8)12/h2-6H,1H3. The minimum Gasteiger partial charge on any atom is -0.350 e. The van der Waals surface area contributed by atoms with E-state index in [0.717, 1.165) is 10.9 Å². The number of carbonyl (C=O) groups excluding carboxylic acids is 1. The summed E-state index contributed by atoms with van der Waals surface area (Å²) >= 11 is 0. The van der Waals surface area contributed by atoms with E-state index in [1.54, 1.807) is 12.1 Å². The number of aromatic nitrogens is 1. The fourth-order valence-corrected chi connectivity index (χ4v) is 1.43. The second-order valence-corrected chi connectivity index (χ2v) is 2.84. The van der Waals surface area contributed by atoms with E-state index in [1.165, 1.54) is 0 Å². The third kappa shape index (κ3) is 1.15. The van der Waals surface area contributed by atoms with Gasteiger partial charge in [0.25, 0.3) is 0 Å². The SMILES string of the molecule is Cn1ccc2c(N=C=O)cccc21. The van der Waals surface area contributed by atoms with Gasteiger partial charge in [-0.25, -0.2) is 4.79 Å². The first-order valence-electron chi connectivity index (χ1n) is 3.95.